The van der Waals surface area contributed by atoms with Crippen molar-refractivity contribution in [2.24, 2.45) is 5.41 Å². The number of benzene rings is 1. The molecule has 4 nitrogen and oxygen atoms in total. The largest absolute Gasteiger partial charge is 0.388 e. The molecule has 2 aliphatic carbocycles. The van der Waals surface area contributed by atoms with Crippen molar-refractivity contribution in [1.82, 2.24) is 4.98 Å². The van der Waals surface area contributed by atoms with Gasteiger partial charge in [0.15, 0.2) is 0 Å². The third kappa shape index (κ3) is 3.75. The summed E-state index contributed by atoms with van der Waals surface area (Å²) < 4.78 is 7.04. The van der Waals surface area contributed by atoms with Gasteiger partial charge < -0.3 is 14.9 Å². The molecule has 1 fully saturated rings. The lowest BCUT2D eigenvalue weighted by molar-refractivity contribution is -0.0580. The number of fused-ring (bicyclic) bond motifs is 4. The van der Waals surface area contributed by atoms with Gasteiger partial charge in [-0.05, 0) is 67.6 Å². The van der Waals surface area contributed by atoms with Crippen molar-refractivity contribution in [3.8, 4) is 0 Å². The molecule has 2 N–H and O–H groups in total. The number of aliphatic hydroxyl groups excluding tert-OH is 1. The molecule has 2 unspecified atom stereocenters. The van der Waals surface area contributed by atoms with Crippen LogP contribution >= 0.6 is 0 Å². The summed E-state index contributed by atoms with van der Waals surface area (Å²) in [6, 6.07) is 8.21. The van der Waals surface area contributed by atoms with Crippen molar-refractivity contribution in [2.45, 2.75) is 109 Å². The highest BCUT2D eigenvalue weighted by Crippen LogP contribution is 2.59. The maximum Gasteiger partial charge on any atom is 0.111 e. The van der Waals surface area contributed by atoms with E-state index in [1.165, 1.54) is 11.1 Å². The van der Waals surface area contributed by atoms with Crippen molar-refractivity contribution in [2.75, 3.05) is 0 Å². The second kappa shape index (κ2) is 7.63. The highest BCUT2D eigenvalue weighted by Gasteiger charge is 2.52. The molecule has 2 heterocycles. The zero-order valence-corrected chi connectivity index (χ0v) is 21.0. The summed E-state index contributed by atoms with van der Waals surface area (Å²) in [5.41, 5.74) is 6.54. The number of pyridine rings is 1. The second-order valence-electron chi connectivity index (χ2n) is 12.2. The van der Waals surface area contributed by atoms with Crippen LogP contribution in [0.1, 0.15) is 131 Å². The fourth-order valence-electron chi connectivity index (χ4n) is 6.48. The van der Waals surface area contributed by atoms with Crippen LogP contribution in [0.5, 0.6) is 0 Å². The number of aliphatic hydroxyl groups is 2. The topological polar surface area (TPSA) is 62.6 Å². The Morgan fingerprint density at radius 1 is 1.06 bits per heavy atom. The molecule has 5 rings (SSSR count). The predicted octanol–water partition coefficient (Wildman–Crippen LogP) is 6.33. The molecule has 33 heavy (non-hydrogen) atoms. The van der Waals surface area contributed by atoms with E-state index in [4.69, 9.17) is 9.72 Å². The molecule has 1 aromatic carbocycles. The fourth-order valence-corrected chi connectivity index (χ4v) is 6.48. The molecule has 0 radical (unpaired) electrons. The van der Waals surface area contributed by atoms with Crippen molar-refractivity contribution >= 4 is 0 Å². The van der Waals surface area contributed by atoms with Gasteiger partial charge in [-0.25, -0.2) is 0 Å². The standard InChI is InChI=1S/C29H39NO3/c1-17(2)25-23-24(22-20(30-25)15-27(3,4)16-21(22)31)29(13-7-8-14-29)33-26(23)18-9-11-19(12-10-18)28(5,6)32/h9-12,17,21,26,31-32H,7-8,13-16H2,1-6H3. The van der Waals surface area contributed by atoms with Gasteiger partial charge in [0.25, 0.3) is 0 Å². The van der Waals surface area contributed by atoms with E-state index in [1.807, 2.05) is 26.0 Å². The Bertz CT molecular complexity index is 1060. The Labute approximate surface area is 198 Å². The third-order valence-corrected chi connectivity index (χ3v) is 8.05. The number of nitrogens with zero attached hydrogens (tertiary/aromatic N) is 1. The Hall–Kier alpha value is -1.75. The maximum absolute atomic E-state index is 11.4. The predicted molar refractivity (Wildman–Crippen MR) is 130 cm³/mol. The first kappa shape index (κ1) is 23.0. The van der Waals surface area contributed by atoms with E-state index in [-0.39, 0.29) is 23.0 Å². The van der Waals surface area contributed by atoms with Crippen molar-refractivity contribution in [1.29, 1.82) is 0 Å². The molecule has 0 amide bonds. The molecule has 2 aromatic rings. The molecule has 3 aliphatic rings. The van der Waals surface area contributed by atoms with Crippen LogP contribution < -0.4 is 0 Å². The van der Waals surface area contributed by atoms with Crippen molar-refractivity contribution in [3.63, 3.8) is 0 Å². The molecule has 0 bridgehead atoms. The Kier molecular flexibility index (Phi) is 5.32. The smallest absolute Gasteiger partial charge is 0.111 e. The molecular weight excluding hydrogens is 410 g/mol. The minimum absolute atomic E-state index is 0.0382. The fraction of sp³-hybridized carbons (Fsp3) is 0.621. The van der Waals surface area contributed by atoms with E-state index >= 15 is 0 Å². The van der Waals surface area contributed by atoms with Gasteiger partial charge in [0.2, 0.25) is 0 Å². The lowest BCUT2D eigenvalue weighted by atomic mass is 9.70. The van der Waals surface area contributed by atoms with Gasteiger partial charge in [0.05, 0.1) is 17.3 Å². The van der Waals surface area contributed by atoms with Crippen LogP contribution in [0.25, 0.3) is 0 Å². The van der Waals surface area contributed by atoms with Crippen LogP contribution in [-0.4, -0.2) is 15.2 Å². The van der Waals surface area contributed by atoms with Crippen LogP contribution in [0.2, 0.25) is 0 Å². The Morgan fingerprint density at radius 2 is 1.70 bits per heavy atom. The number of hydrogen-bond acceptors (Lipinski definition) is 4. The van der Waals surface area contributed by atoms with E-state index < -0.39 is 11.7 Å². The molecule has 178 valence electrons. The Morgan fingerprint density at radius 3 is 2.27 bits per heavy atom. The van der Waals surface area contributed by atoms with E-state index in [9.17, 15) is 10.2 Å². The van der Waals surface area contributed by atoms with Crippen LogP contribution in [0.3, 0.4) is 0 Å². The molecule has 1 saturated carbocycles. The normalized spacial score (nSPS) is 25.5. The van der Waals surface area contributed by atoms with Gasteiger partial charge in [-0.1, -0.05) is 64.8 Å². The van der Waals surface area contributed by atoms with Crippen molar-refractivity contribution < 1.29 is 14.9 Å². The summed E-state index contributed by atoms with van der Waals surface area (Å²) in [4.78, 5) is 5.24. The van der Waals surface area contributed by atoms with E-state index in [0.29, 0.717) is 0 Å². The second-order valence-corrected chi connectivity index (χ2v) is 12.2. The first-order valence-electron chi connectivity index (χ1n) is 12.7. The summed E-state index contributed by atoms with van der Waals surface area (Å²) in [5, 5.41) is 21.8. The zero-order chi connectivity index (χ0) is 23.8. The monoisotopic (exact) mass is 449 g/mol. The van der Waals surface area contributed by atoms with Crippen LogP contribution in [-0.2, 0) is 22.4 Å². The number of rotatable bonds is 3. The first-order valence-corrected chi connectivity index (χ1v) is 12.7. The number of hydrogen-bond donors (Lipinski definition) is 2. The SMILES string of the molecule is CC(C)c1nc2c(c3c1C(c1ccc(C(C)(C)O)cc1)OC31CCCC1)C(O)CC(C)(C)C2. The summed E-state index contributed by atoms with van der Waals surface area (Å²) >= 11 is 0. The molecule has 4 heteroatoms. The summed E-state index contributed by atoms with van der Waals surface area (Å²) in [6.45, 7) is 12.5. The average molecular weight is 450 g/mol. The third-order valence-electron chi connectivity index (χ3n) is 8.05. The zero-order valence-electron chi connectivity index (χ0n) is 21.0. The van der Waals surface area contributed by atoms with Crippen molar-refractivity contribution in [3.05, 3.63) is 63.5 Å². The molecule has 1 aromatic heterocycles. The lowest BCUT2D eigenvalue weighted by Crippen LogP contribution is -2.32. The van der Waals surface area contributed by atoms with Gasteiger partial charge in [0.1, 0.15) is 6.10 Å². The van der Waals surface area contributed by atoms with Gasteiger partial charge >= 0.3 is 0 Å². The van der Waals surface area contributed by atoms with E-state index in [1.54, 1.807) is 0 Å². The first-order chi connectivity index (χ1) is 15.4. The maximum atomic E-state index is 11.4. The summed E-state index contributed by atoms with van der Waals surface area (Å²) in [7, 11) is 0. The molecule has 2 atom stereocenters. The highest BCUT2D eigenvalue weighted by molar-refractivity contribution is 5.54. The van der Waals surface area contributed by atoms with E-state index in [2.05, 4.69) is 39.8 Å². The molecular formula is C29H39NO3. The van der Waals surface area contributed by atoms with E-state index in [0.717, 1.165) is 66.6 Å². The number of aromatic nitrogens is 1. The van der Waals surface area contributed by atoms with Gasteiger partial charge in [-0.3, -0.25) is 4.98 Å². The minimum Gasteiger partial charge on any atom is -0.388 e. The Balaban J connectivity index is 1.73. The number of ether oxygens (including phenoxy) is 1. The highest BCUT2D eigenvalue weighted by atomic mass is 16.5. The minimum atomic E-state index is -0.875. The molecule has 1 aliphatic heterocycles. The molecule has 0 saturated heterocycles. The summed E-state index contributed by atoms with van der Waals surface area (Å²) in [5.74, 6) is 0.268. The molecule has 1 spiro atoms. The quantitative estimate of drug-likeness (QED) is 0.575. The average Bonchev–Trinajstić information content (AvgIpc) is 3.31. The van der Waals surface area contributed by atoms with Crippen LogP contribution in [0, 0.1) is 5.41 Å². The van der Waals surface area contributed by atoms with Crippen LogP contribution in [0.4, 0.5) is 0 Å². The summed E-state index contributed by atoms with van der Waals surface area (Å²) in [6.07, 6.45) is 5.28. The van der Waals surface area contributed by atoms with Crippen LogP contribution in [0.15, 0.2) is 24.3 Å². The van der Waals surface area contributed by atoms with Gasteiger partial charge in [-0.15, -0.1) is 0 Å². The van der Waals surface area contributed by atoms with Gasteiger partial charge in [-0.2, -0.15) is 0 Å². The van der Waals surface area contributed by atoms with Gasteiger partial charge in [0, 0.05) is 22.5 Å². The lowest BCUT2D eigenvalue weighted by Gasteiger charge is -2.38.